The van der Waals surface area contributed by atoms with Gasteiger partial charge in [-0.1, -0.05) is 12.1 Å². The minimum absolute atomic E-state index is 0.0662. The summed E-state index contributed by atoms with van der Waals surface area (Å²) in [5.41, 5.74) is 3.36. The van der Waals surface area contributed by atoms with Crippen LogP contribution in [0.2, 0.25) is 0 Å². The molecule has 11 heteroatoms. The van der Waals surface area contributed by atoms with Crippen LogP contribution in [-0.2, 0) is 34.8 Å². The third-order valence-corrected chi connectivity index (χ3v) is 7.09. The Labute approximate surface area is 243 Å². The van der Waals surface area contributed by atoms with Gasteiger partial charge in [0.05, 0.1) is 18.8 Å². The molecule has 2 heterocycles. The Morgan fingerprint density at radius 2 is 1.83 bits per heavy atom. The fourth-order valence-electron chi connectivity index (χ4n) is 5.22. The average Bonchev–Trinajstić information content (AvgIpc) is 3.26. The molecule has 1 amide bonds. The third-order valence-electron chi connectivity index (χ3n) is 7.09. The number of rotatable bonds is 9. The van der Waals surface area contributed by atoms with Gasteiger partial charge >= 0.3 is 6.09 Å². The number of benzene rings is 2. The van der Waals surface area contributed by atoms with Crippen molar-refractivity contribution in [3.05, 3.63) is 64.5 Å². The molecule has 0 bridgehead atoms. The highest BCUT2D eigenvalue weighted by Gasteiger charge is 2.44. The number of ether oxygens (including phenoxy) is 3. The van der Waals surface area contributed by atoms with E-state index >= 15 is 8.78 Å². The van der Waals surface area contributed by atoms with E-state index < -0.39 is 23.4 Å². The first-order valence-electron chi connectivity index (χ1n) is 14.1. The van der Waals surface area contributed by atoms with Crippen molar-refractivity contribution in [3.63, 3.8) is 0 Å². The van der Waals surface area contributed by atoms with Crippen LogP contribution in [0.3, 0.4) is 0 Å². The average molecular weight is 585 g/mol. The lowest BCUT2D eigenvalue weighted by Crippen LogP contribution is -2.34. The highest BCUT2D eigenvalue weighted by molar-refractivity contribution is 5.76. The number of hydrogen-bond acceptors (Lipinski definition) is 7. The summed E-state index contributed by atoms with van der Waals surface area (Å²) in [7, 11) is 0. The summed E-state index contributed by atoms with van der Waals surface area (Å²) in [6.45, 7) is 7.57. The van der Waals surface area contributed by atoms with Gasteiger partial charge in [0.25, 0.3) is 5.92 Å². The topological polar surface area (TPSA) is 94.6 Å². The number of alkyl halides is 2. The molecule has 0 radical (unpaired) electrons. The summed E-state index contributed by atoms with van der Waals surface area (Å²) in [6.07, 6.45) is 0.0289. The summed E-state index contributed by atoms with van der Waals surface area (Å²) in [5.74, 6) is -3.45. The number of aromatic nitrogens is 2. The van der Waals surface area contributed by atoms with E-state index in [2.05, 4.69) is 20.8 Å². The maximum absolute atomic E-state index is 15.3. The van der Waals surface area contributed by atoms with Crippen molar-refractivity contribution in [1.29, 1.82) is 0 Å². The van der Waals surface area contributed by atoms with Crippen molar-refractivity contribution < 1.29 is 32.2 Å². The molecular weight excluding hydrogens is 549 g/mol. The molecule has 0 unspecified atom stereocenters. The Morgan fingerprint density at radius 1 is 1.02 bits per heavy atom. The molecule has 5 rings (SSSR count). The molecule has 0 spiro atoms. The minimum Gasteiger partial charge on any atom is -0.490 e. The van der Waals surface area contributed by atoms with Crippen LogP contribution in [0, 0.1) is 5.82 Å². The number of alkyl carbamates (subject to hydrolysis) is 1. The summed E-state index contributed by atoms with van der Waals surface area (Å²) >= 11 is 0. The SMILES string of the molecule is CC(C)(C)OC(=O)NCCOCCOc1cc(F)ccc1-c1nnc(-c2ccc3c(c2)CCNC3)c2c1CCC2(F)F. The molecule has 1 aliphatic heterocycles. The van der Waals surface area contributed by atoms with Crippen molar-refractivity contribution in [3.8, 4) is 28.3 Å². The molecule has 1 aromatic heterocycles. The van der Waals surface area contributed by atoms with Crippen LogP contribution in [0.4, 0.5) is 18.0 Å². The zero-order chi connectivity index (χ0) is 29.9. The van der Waals surface area contributed by atoms with E-state index in [1.165, 1.54) is 18.2 Å². The number of amides is 1. The van der Waals surface area contributed by atoms with Gasteiger partial charge in [0.1, 0.15) is 35.2 Å². The molecule has 0 saturated heterocycles. The molecule has 0 fully saturated rings. The summed E-state index contributed by atoms with van der Waals surface area (Å²) in [6, 6.07) is 9.62. The largest absolute Gasteiger partial charge is 0.490 e. The molecule has 8 nitrogen and oxygen atoms in total. The smallest absolute Gasteiger partial charge is 0.407 e. The van der Waals surface area contributed by atoms with Crippen LogP contribution in [0.1, 0.15) is 49.4 Å². The van der Waals surface area contributed by atoms with E-state index in [-0.39, 0.29) is 61.9 Å². The second-order valence-corrected chi connectivity index (χ2v) is 11.4. The predicted molar refractivity (Wildman–Crippen MR) is 151 cm³/mol. The van der Waals surface area contributed by atoms with E-state index in [1.54, 1.807) is 20.8 Å². The lowest BCUT2D eigenvalue weighted by atomic mass is 9.93. The predicted octanol–water partition coefficient (Wildman–Crippen LogP) is 5.55. The molecule has 2 aromatic carbocycles. The Balaban J connectivity index is 1.31. The van der Waals surface area contributed by atoms with Gasteiger partial charge in [-0.3, -0.25) is 0 Å². The van der Waals surface area contributed by atoms with Crippen LogP contribution in [0.25, 0.3) is 22.5 Å². The molecule has 3 aromatic rings. The number of hydrogen-bond donors (Lipinski definition) is 2. The van der Waals surface area contributed by atoms with Crippen molar-refractivity contribution in [2.75, 3.05) is 32.9 Å². The van der Waals surface area contributed by atoms with Crippen LogP contribution >= 0.6 is 0 Å². The normalized spacial score (nSPS) is 15.6. The maximum Gasteiger partial charge on any atom is 0.407 e. The standard InChI is InChI=1S/C31H35F3N4O4/c1-30(2,3)42-29(39)36-12-13-40-14-15-41-25-17-22(32)6-7-23(25)28-24-8-10-31(33,34)26(24)27(37-38-28)20-4-5-21-18-35-11-9-19(21)16-20/h4-7,16-17,35H,8-15,18H2,1-3H3,(H,36,39). The number of nitrogens with one attached hydrogen (secondary N) is 2. The third kappa shape index (κ3) is 6.84. The molecule has 224 valence electrons. The van der Waals surface area contributed by atoms with Crippen molar-refractivity contribution in [2.24, 2.45) is 0 Å². The highest BCUT2D eigenvalue weighted by atomic mass is 19.3. The minimum atomic E-state index is -3.07. The van der Waals surface area contributed by atoms with Crippen LogP contribution in [-0.4, -0.2) is 54.8 Å². The number of carbonyl (C=O) groups excluding carboxylic acids is 1. The second-order valence-electron chi connectivity index (χ2n) is 11.4. The van der Waals surface area contributed by atoms with Gasteiger partial charge in [-0.05, 0) is 75.0 Å². The van der Waals surface area contributed by atoms with E-state index in [9.17, 15) is 9.18 Å². The van der Waals surface area contributed by atoms with E-state index in [0.29, 0.717) is 16.7 Å². The summed E-state index contributed by atoms with van der Waals surface area (Å²) in [4.78, 5) is 11.7. The first kappa shape index (κ1) is 29.8. The number of carbonyl (C=O) groups is 1. The van der Waals surface area contributed by atoms with Gasteiger partial charge in [0, 0.05) is 36.7 Å². The fourth-order valence-corrected chi connectivity index (χ4v) is 5.22. The van der Waals surface area contributed by atoms with E-state index in [1.807, 2.05) is 18.2 Å². The van der Waals surface area contributed by atoms with Crippen LogP contribution in [0.5, 0.6) is 5.75 Å². The number of fused-ring (bicyclic) bond motifs is 2. The van der Waals surface area contributed by atoms with Crippen LogP contribution < -0.4 is 15.4 Å². The molecule has 2 N–H and O–H groups in total. The Hall–Kier alpha value is -3.70. The zero-order valence-corrected chi connectivity index (χ0v) is 24.0. The van der Waals surface area contributed by atoms with Crippen molar-refractivity contribution in [2.45, 2.75) is 58.1 Å². The molecular formula is C31H35F3N4O4. The van der Waals surface area contributed by atoms with Gasteiger partial charge in [-0.2, -0.15) is 0 Å². The molecule has 42 heavy (non-hydrogen) atoms. The lowest BCUT2D eigenvalue weighted by Gasteiger charge is -2.20. The number of nitrogens with zero attached hydrogens (tertiary/aromatic N) is 2. The van der Waals surface area contributed by atoms with Crippen LogP contribution in [0.15, 0.2) is 36.4 Å². The Bertz CT molecular complexity index is 1460. The van der Waals surface area contributed by atoms with Gasteiger partial charge in [-0.25, -0.2) is 18.0 Å². The van der Waals surface area contributed by atoms with Crippen molar-refractivity contribution >= 4 is 6.09 Å². The molecule has 0 atom stereocenters. The quantitative estimate of drug-likeness (QED) is 0.319. The first-order chi connectivity index (χ1) is 20.0. The molecule has 2 aliphatic rings. The van der Waals surface area contributed by atoms with Gasteiger partial charge in [0.15, 0.2) is 0 Å². The Morgan fingerprint density at radius 3 is 2.64 bits per heavy atom. The lowest BCUT2D eigenvalue weighted by molar-refractivity contribution is -0.00160. The van der Waals surface area contributed by atoms with Gasteiger partial charge < -0.3 is 24.8 Å². The van der Waals surface area contributed by atoms with E-state index in [0.717, 1.165) is 30.6 Å². The van der Waals surface area contributed by atoms with Crippen molar-refractivity contribution in [1.82, 2.24) is 20.8 Å². The van der Waals surface area contributed by atoms with E-state index in [4.69, 9.17) is 14.2 Å². The molecule has 1 aliphatic carbocycles. The highest BCUT2D eigenvalue weighted by Crippen LogP contribution is 2.49. The van der Waals surface area contributed by atoms with Gasteiger partial charge in [-0.15, -0.1) is 10.2 Å². The summed E-state index contributed by atoms with van der Waals surface area (Å²) in [5, 5.41) is 14.6. The second kappa shape index (κ2) is 12.3. The molecule has 0 saturated carbocycles. The Kier molecular flexibility index (Phi) is 8.70. The van der Waals surface area contributed by atoms with Gasteiger partial charge in [0.2, 0.25) is 0 Å². The fraction of sp³-hybridized carbons (Fsp3) is 0.452. The first-order valence-corrected chi connectivity index (χ1v) is 14.1. The summed E-state index contributed by atoms with van der Waals surface area (Å²) < 4.78 is 61.4. The number of halogens is 3. The monoisotopic (exact) mass is 584 g/mol. The zero-order valence-electron chi connectivity index (χ0n) is 24.0. The maximum atomic E-state index is 15.3.